The van der Waals surface area contributed by atoms with Crippen LogP contribution in [-0.2, 0) is 6.54 Å². The summed E-state index contributed by atoms with van der Waals surface area (Å²) in [5.41, 5.74) is 1.59. The van der Waals surface area contributed by atoms with Crippen molar-refractivity contribution in [2.24, 2.45) is 0 Å². The average Bonchev–Trinajstić information content (AvgIpc) is 2.58. The monoisotopic (exact) mass is 312 g/mol. The van der Waals surface area contributed by atoms with Crippen LogP contribution in [0.2, 0.25) is 0 Å². The van der Waals surface area contributed by atoms with Gasteiger partial charge in [-0.15, -0.1) is 0 Å². The molecule has 0 aromatic heterocycles. The molecular formula is C18H17FN2O2. The first-order chi connectivity index (χ1) is 11.2. The number of carbonyl (C=O) groups excluding carboxylic acids is 1. The van der Waals surface area contributed by atoms with E-state index >= 15 is 0 Å². The number of hydrogen-bond donors (Lipinski definition) is 2. The molecule has 0 aliphatic heterocycles. The van der Waals surface area contributed by atoms with Crippen molar-refractivity contribution in [1.82, 2.24) is 10.6 Å². The Balaban J connectivity index is 1.77. The molecule has 2 rings (SSSR count). The topological polar surface area (TPSA) is 50.4 Å². The van der Waals surface area contributed by atoms with Gasteiger partial charge in [-0.2, -0.15) is 0 Å². The first-order valence-electron chi connectivity index (χ1n) is 7.07. The van der Waals surface area contributed by atoms with Gasteiger partial charge in [0.15, 0.2) is 0 Å². The first-order valence-corrected chi connectivity index (χ1v) is 7.07. The van der Waals surface area contributed by atoms with E-state index in [2.05, 4.69) is 22.5 Å². The minimum atomic E-state index is -0.330. The van der Waals surface area contributed by atoms with Crippen molar-refractivity contribution < 1.29 is 13.9 Å². The van der Waals surface area contributed by atoms with Crippen molar-refractivity contribution in [3.05, 3.63) is 65.5 Å². The van der Waals surface area contributed by atoms with Crippen LogP contribution in [0.3, 0.4) is 0 Å². The average molecular weight is 312 g/mol. The van der Waals surface area contributed by atoms with Crippen LogP contribution in [-0.4, -0.2) is 19.7 Å². The second-order valence-corrected chi connectivity index (χ2v) is 4.66. The molecule has 118 valence electrons. The SMILES string of the molecule is COc1ccccc1C#CCNC(=O)NCc1ccc(F)cc1. The summed E-state index contributed by atoms with van der Waals surface area (Å²) in [6.45, 7) is 0.541. The highest BCUT2D eigenvalue weighted by Crippen LogP contribution is 2.15. The van der Waals surface area contributed by atoms with Crippen LogP contribution in [0.5, 0.6) is 5.75 Å². The van der Waals surface area contributed by atoms with Crippen molar-refractivity contribution in [1.29, 1.82) is 0 Å². The Labute approximate surface area is 134 Å². The smallest absolute Gasteiger partial charge is 0.315 e. The van der Waals surface area contributed by atoms with E-state index in [1.54, 1.807) is 19.2 Å². The van der Waals surface area contributed by atoms with E-state index in [9.17, 15) is 9.18 Å². The summed E-state index contributed by atoms with van der Waals surface area (Å²) in [7, 11) is 1.58. The molecule has 0 heterocycles. The number of urea groups is 1. The number of benzene rings is 2. The fraction of sp³-hybridized carbons (Fsp3) is 0.167. The number of carbonyl (C=O) groups is 1. The van der Waals surface area contributed by atoms with E-state index < -0.39 is 0 Å². The number of hydrogen-bond acceptors (Lipinski definition) is 2. The van der Waals surface area contributed by atoms with E-state index in [4.69, 9.17) is 4.74 Å². The van der Waals surface area contributed by atoms with Crippen LogP contribution >= 0.6 is 0 Å². The molecule has 0 atom stereocenters. The molecule has 0 saturated carbocycles. The maximum absolute atomic E-state index is 12.8. The standard InChI is InChI=1S/C18H17FN2O2/c1-23-17-7-3-2-5-15(17)6-4-12-20-18(22)21-13-14-8-10-16(19)11-9-14/h2-3,5,7-11H,12-13H2,1H3,(H2,20,21,22). The third-order valence-electron chi connectivity index (χ3n) is 3.03. The van der Waals surface area contributed by atoms with Crippen LogP contribution in [0.25, 0.3) is 0 Å². The maximum atomic E-state index is 12.8. The number of amides is 2. The van der Waals surface area contributed by atoms with Crippen LogP contribution in [0.1, 0.15) is 11.1 Å². The summed E-state index contributed by atoms with van der Waals surface area (Å²) < 4.78 is 18.0. The lowest BCUT2D eigenvalue weighted by Gasteiger charge is -2.05. The quantitative estimate of drug-likeness (QED) is 0.853. The zero-order chi connectivity index (χ0) is 16.5. The Morgan fingerprint density at radius 3 is 2.61 bits per heavy atom. The summed E-state index contributed by atoms with van der Waals surface area (Å²) in [6, 6.07) is 13.0. The van der Waals surface area contributed by atoms with Crippen molar-refractivity contribution in [3.8, 4) is 17.6 Å². The molecule has 0 aliphatic carbocycles. The number of ether oxygens (including phenoxy) is 1. The molecule has 0 aliphatic rings. The van der Waals surface area contributed by atoms with E-state index in [1.807, 2.05) is 24.3 Å². The minimum Gasteiger partial charge on any atom is -0.495 e. The Kier molecular flexibility index (Phi) is 6.01. The molecule has 2 aromatic carbocycles. The van der Waals surface area contributed by atoms with Gasteiger partial charge in [-0.1, -0.05) is 36.1 Å². The van der Waals surface area contributed by atoms with Crippen molar-refractivity contribution in [2.45, 2.75) is 6.54 Å². The largest absolute Gasteiger partial charge is 0.495 e. The number of methoxy groups -OCH3 is 1. The highest BCUT2D eigenvalue weighted by Gasteiger charge is 1.99. The Morgan fingerprint density at radius 1 is 1.13 bits per heavy atom. The summed E-state index contributed by atoms with van der Waals surface area (Å²) >= 11 is 0. The van der Waals surface area contributed by atoms with Gasteiger partial charge in [-0.3, -0.25) is 0 Å². The molecule has 0 bridgehead atoms. The van der Waals surface area contributed by atoms with E-state index in [0.29, 0.717) is 12.3 Å². The van der Waals surface area contributed by atoms with Gasteiger partial charge < -0.3 is 15.4 Å². The molecule has 0 spiro atoms. The summed E-state index contributed by atoms with van der Waals surface area (Å²) in [5.74, 6) is 6.20. The molecule has 0 saturated heterocycles. The lowest BCUT2D eigenvalue weighted by Crippen LogP contribution is -2.35. The normalized spacial score (nSPS) is 9.48. The molecule has 0 unspecified atom stereocenters. The predicted octanol–water partition coefficient (Wildman–Crippen LogP) is 2.69. The van der Waals surface area contributed by atoms with E-state index in [-0.39, 0.29) is 18.4 Å². The molecule has 2 aromatic rings. The molecule has 4 nitrogen and oxygen atoms in total. The van der Waals surface area contributed by atoms with Gasteiger partial charge in [0.2, 0.25) is 0 Å². The number of para-hydroxylation sites is 1. The first kappa shape index (κ1) is 16.4. The Hall–Kier alpha value is -3.00. The maximum Gasteiger partial charge on any atom is 0.315 e. The zero-order valence-electron chi connectivity index (χ0n) is 12.7. The molecule has 0 fully saturated rings. The molecule has 5 heteroatoms. The van der Waals surface area contributed by atoms with Crippen molar-refractivity contribution in [2.75, 3.05) is 13.7 Å². The van der Waals surface area contributed by atoms with Crippen LogP contribution in [0.4, 0.5) is 9.18 Å². The molecule has 0 radical (unpaired) electrons. The third-order valence-corrected chi connectivity index (χ3v) is 3.03. The number of nitrogens with one attached hydrogen (secondary N) is 2. The zero-order valence-corrected chi connectivity index (χ0v) is 12.7. The van der Waals surface area contributed by atoms with Gasteiger partial charge in [0.25, 0.3) is 0 Å². The fourth-order valence-corrected chi connectivity index (χ4v) is 1.86. The molecule has 23 heavy (non-hydrogen) atoms. The Morgan fingerprint density at radius 2 is 1.87 bits per heavy atom. The summed E-state index contributed by atoms with van der Waals surface area (Å²) in [4.78, 5) is 11.6. The van der Waals surface area contributed by atoms with E-state index in [0.717, 1.165) is 11.1 Å². The lowest BCUT2D eigenvalue weighted by molar-refractivity contribution is 0.241. The Bertz CT molecular complexity index is 718. The lowest BCUT2D eigenvalue weighted by atomic mass is 10.2. The number of rotatable bonds is 4. The highest BCUT2D eigenvalue weighted by molar-refractivity contribution is 5.74. The minimum absolute atomic E-state index is 0.216. The predicted molar refractivity (Wildman–Crippen MR) is 86.5 cm³/mol. The number of halogens is 1. The molecule has 2 N–H and O–H groups in total. The van der Waals surface area contributed by atoms with E-state index in [1.165, 1.54) is 12.1 Å². The summed E-state index contributed by atoms with van der Waals surface area (Å²) in [5, 5.41) is 5.31. The van der Waals surface area contributed by atoms with Crippen molar-refractivity contribution >= 4 is 6.03 Å². The molecule has 2 amide bonds. The van der Waals surface area contributed by atoms with Gasteiger partial charge in [0, 0.05) is 6.54 Å². The highest BCUT2D eigenvalue weighted by atomic mass is 19.1. The van der Waals surface area contributed by atoms with Crippen molar-refractivity contribution in [3.63, 3.8) is 0 Å². The second kappa shape index (κ2) is 8.44. The third kappa shape index (κ3) is 5.36. The summed E-state index contributed by atoms with van der Waals surface area (Å²) in [6.07, 6.45) is 0. The fourth-order valence-electron chi connectivity index (χ4n) is 1.86. The van der Waals surface area contributed by atoms with Crippen LogP contribution < -0.4 is 15.4 Å². The second-order valence-electron chi connectivity index (χ2n) is 4.66. The van der Waals surface area contributed by atoms with Gasteiger partial charge >= 0.3 is 6.03 Å². The van der Waals surface area contributed by atoms with Crippen LogP contribution in [0.15, 0.2) is 48.5 Å². The van der Waals surface area contributed by atoms with Gasteiger partial charge in [-0.25, -0.2) is 9.18 Å². The van der Waals surface area contributed by atoms with Gasteiger partial charge in [0.1, 0.15) is 11.6 Å². The molecular weight excluding hydrogens is 295 g/mol. The van der Waals surface area contributed by atoms with Gasteiger partial charge in [-0.05, 0) is 29.8 Å². The van der Waals surface area contributed by atoms with Gasteiger partial charge in [0.05, 0.1) is 19.2 Å². The van der Waals surface area contributed by atoms with Crippen LogP contribution in [0, 0.1) is 17.7 Å².